The molecule has 0 radical (unpaired) electrons. The van der Waals surface area contributed by atoms with E-state index in [1.54, 1.807) is 27.7 Å². The van der Waals surface area contributed by atoms with Crippen molar-refractivity contribution >= 4 is 27.5 Å². The maximum Gasteiger partial charge on any atom is 0.309 e. The van der Waals surface area contributed by atoms with Gasteiger partial charge in [0.05, 0.1) is 39.7 Å². The summed E-state index contributed by atoms with van der Waals surface area (Å²) in [5, 5.41) is 16.4. The molecule has 0 bridgehead atoms. The molecule has 3 rings (SSSR count). The molecule has 6 nitrogen and oxygen atoms in total. The molecule has 0 fully saturated rings. The molecule has 90 valence electrons. The highest BCUT2D eigenvalue weighted by Crippen LogP contribution is 2.20. The summed E-state index contributed by atoms with van der Waals surface area (Å²) in [6.07, 6.45) is 1.50. The number of carboxylic acid groups (broad SMARTS) is 1. The Hall–Kier alpha value is -2.28. The van der Waals surface area contributed by atoms with Crippen molar-refractivity contribution in [2.45, 2.75) is 6.42 Å². The molecule has 18 heavy (non-hydrogen) atoms. The second kappa shape index (κ2) is 4.19. The lowest BCUT2D eigenvalue weighted by molar-refractivity contribution is -0.136. The number of hydrogen-bond acceptors (Lipinski definition) is 5. The van der Waals surface area contributed by atoms with E-state index in [0.717, 1.165) is 15.9 Å². The molecule has 0 saturated heterocycles. The van der Waals surface area contributed by atoms with Crippen LogP contribution in [-0.2, 0) is 11.2 Å². The van der Waals surface area contributed by atoms with Gasteiger partial charge in [0.1, 0.15) is 0 Å². The van der Waals surface area contributed by atoms with Crippen LogP contribution in [-0.4, -0.2) is 31.1 Å². The lowest BCUT2D eigenvalue weighted by Gasteiger charge is -1.98. The second-order valence-corrected chi connectivity index (χ2v) is 4.62. The Balaban J connectivity index is 1.97. The minimum atomic E-state index is -0.917. The predicted molar refractivity (Wildman–Crippen MR) is 65.9 cm³/mol. The summed E-state index contributed by atoms with van der Waals surface area (Å²) in [4.78, 5) is 14.8. The fourth-order valence-corrected chi connectivity index (χ4v) is 2.36. The van der Waals surface area contributed by atoms with Crippen LogP contribution >= 0.6 is 11.3 Å². The number of aliphatic carboxylic acids is 1. The highest BCUT2D eigenvalue weighted by molar-refractivity contribution is 7.16. The third-order valence-electron chi connectivity index (χ3n) is 2.45. The summed E-state index contributed by atoms with van der Waals surface area (Å²) >= 11 is 1.55. The number of thiazole rings is 1. The molecular weight excluding hydrogens is 252 g/mol. The lowest BCUT2D eigenvalue weighted by Crippen LogP contribution is -1.99. The number of carbonyl (C=O) groups is 1. The van der Waals surface area contributed by atoms with Gasteiger partial charge in [-0.15, -0.1) is 16.4 Å². The molecule has 1 aromatic carbocycles. The van der Waals surface area contributed by atoms with Gasteiger partial charge in [-0.3, -0.25) is 4.79 Å². The average molecular weight is 260 g/mol. The van der Waals surface area contributed by atoms with Gasteiger partial charge in [0.2, 0.25) is 0 Å². The van der Waals surface area contributed by atoms with Crippen LogP contribution < -0.4 is 0 Å². The van der Waals surface area contributed by atoms with E-state index in [1.807, 2.05) is 18.2 Å². The SMILES string of the molecule is O=C(O)Cc1cn(-c2ccc3ncsc3c2)nn1. The number of hydrogen-bond donors (Lipinski definition) is 1. The highest BCUT2D eigenvalue weighted by Gasteiger charge is 2.07. The first kappa shape index (κ1) is 10.8. The Bertz CT molecular complexity index is 718. The van der Waals surface area contributed by atoms with Crippen LogP contribution in [0.1, 0.15) is 5.69 Å². The fourth-order valence-electron chi connectivity index (χ4n) is 1.65. The average Bonchev–Trinajstić information content (AvgIpc) is 2.95. The Morgan fingerprint density at radius 1 is 1.44 bits per heavy atom. The molecule has 0 unspecified atom stereocenters. The molecule has 0 saturated carbocycles. The van der Waals surface area contributed by atoms with Crippen molar-refractivity contribution in [1.29, 1.82) is 0 Å². The standard InChI is InChI=1S/C11H8N4O2S/c16-11(17)3-7-5-15(14-13-7)8-1-2-9-10(4-8)18-6-12-9/h1-2,4-6H,3H2,(H,16,17). The first-order chi connectivity index (χ1) is 8.72. The van der Waals surface area contributed by atoms with E-state index in [4.69, 9.17) is 5.11 Å². The minimum absolute atomic E-state index is 0.122. The Morgan fingerprint density at radius 3 is 3.17 bits per heavy atom. The Morgan fingerprint density at radius 2 is 2.33 bits per heavy atom. The zero-order chi connectivity index (χ0) is 12.5. The van der Waals surface area contributed by atoms with Gasteiger partial charge in [-0.05, 0) is 18.2 Å². The van der Waals surface area contributed by atoms with Gasteiger partial charge in [-0.1, -0.05) is 5.21 Å². The van der Waals surface area contributed by atoms with Crippen molar-refractivity contribution in [1.82, 2.24) is 20.0 Å². The third kappa shape index (κ3) is 1.95. The van der Waals surface area contributed by atoms with Gasteiger partial charge in [0.25, 0.3) is 0 Å². The van der Waals surface area contributed by atoms with E-state index in [1.165, 1.54) is 0 Å². The summed E-state index contributed by atoms with van der Waals surface area (Å²) in [5.41, 5.74) is 4.00. The zero-order valence-corrected chi connectivity index (χ0v) is 9.96. The normalized spacial score (nSPS) is 10.9. The number of rotatable bonds is 3. The number of nitrogens with zero attached hydrogens (tertiary/aromatic N) is 4. The third-order valence-corrected chi connectivity index (χ3v) is 3.24. The van der Waals surface area contributed by atoms with Crippen LogP contribution in [0.2, 0.25) is 0 Å². The van der Waals surface area contributed by atoms with E-state index < -0.39 is 5.97 Å². The smallest absolute Gasteiger partial charge is 0.309 e. The van der Waals surface area contributed by atoms with E-state index in [9.17, 15) is 4.79 Å². The van der Waals surface area contributed by atoms with Gasteiger partial charge in [0, 0.05) is 0 Å². The molecule has 0 spiro atoms. The van der Waals surface area contributed by atoms with E-state index in [2.05, 4.69) is 15.3 Å². The van der Waals surface area contributed by atoms with E-state index in [-0.39, 0.29) is 6.42 Å². The summed E-state index contributed by atoms with van der Waals surface area (Å²) in [5.74, 6) is -0.917. The number of carboxylic acids is 1. The van der Waals surface area contributed by atoms with Crippen molar-refractivity contribution in [2.75, 3.05) is 0 Å². The molecule has 0 aliphatic rings. The minimum Gasteiger partial charge on any atom is -0.481 e. The Kier molecular flexibility index (Phi) is 2.52. The van der Waals surface area contributed by atoms with Gasteiger partial charge in [0.15, 0.2) is 0 Å². The molecule has 0 amide bonds. The van der Waals surface area contributed by atoms with Gasteiger partial charge >= 0.3 is 5.97 Å². The van der Waals surface area contributed by atoms with E-state index >= 15 is 0 Å². The van der Waals surface area contributed by atoms with Crippen LogP contribution in [0.3, 0.4) is 0 Å². The molecule has 0 atom stereocenters. The van der Waals surface area contributed by atoms with Crippen LogP contribution in [0.4, 0.5) is 0 Å². The summed E-state index contributed by atoms with van der Waals surface area (Å²) in [6, 6.07) is 5.73. The highest BCUT2D eigenvalue weighted by atomic mass is 32.1. The van der Waals surface area contributed by atoms with Crippen molar-refractivity contribution in [2.24, 2.45) is 0 Å². The first-order valence-corrected chi connectivity index (χ1v) is 6.07. The predicted octanol–water partition coefficient (Wildman–Crippen LogP) is 1.50. The molecule has 3 aromatic rings. The van der Waals surface area contributed by atoms with Crippen LogP contribution in [0.15, 0.2) is 29.9 Å². The fraction of sp³-hybridized carbons (Fsp3) is 0.0909. The molecule has 0 aliphatic carbocycles. The molecule has 0 aliphatic heterocycles. The summed E-state index contributed by atoms with van der Waals surface area (Å²) in [6.45, 7) is 0. The van der Waals surface area contributed by atoms with Gasteiger partial charge < -0.3 is 5.11 Å². The van der Waals surface area contributed by atoms with E-state index in [0.29, 0.717) is 5.69 Å². The number of fused-ring (bicyclic) bond motifs is 1. The largest absolute Gasteiger partial charge is 0.481 e. The van der Waals surface area contributed by atoms with Crippen LogP contribution in [0.5, 0.6) is 0 Å². The summed E-state index contributed by atoms with van der Waals surface area (Å²) in [7, 11) is 0. The second-order valence-electron chi connectivity index (χ2n) is 3.73. The first-order valence-electron chi connectivity index (χ1n) is 5.19. The molecular formula is C11H8N4O2S. The Labute approximate surface area is 106 Å². The quantitative estimate of drug-likeness (QED) is 0.771. The van der Waals surface area contributed by atoms with Crippen LogP contribution in [0, 0.1) is 0 Å². The molecule has 2 heterocycles. The van der Waals surface area contributed by atoms with Gasteiger partial charge in [-0.25, -0.2) is 9.67 Å². The van der Waals surface area contributed by atoms with Crippen molar-refractivity contribution in [3.05, 3.63) is 35.6 Å². The monoisotopic (exact) mass is 260 g/mol. The topological polar surface area (TPSA) is 80.9 Å². The summed E-state index contributed by atoms with van der Waals surface area (Å²) < 4.78 is 2.63. The molecule has 1 N–H and O–H groups in total. The maximum absolute atomic E-state index is 10.6. The lowest BCUT2D eigenvalue weighted by atomic mass is 10.3. The zero-order valence-electron chi connectivity index (χ0n) is 9.15. The van der Waals surface area contributed by atoms with Gasteiger partial charge in [-0.2, -0.15) is 0 Å². The van der Waals surface area contributed by atoms with Crippen molar-refractivity contribution in [3.8, 4) is 5.69 Å². The van der Waals surface area contributed by atoms with Crippen molar-refractivity contribution in [3.63, 3.8) is 0 Å². The van der Waals surface area contributed by atoms with Crippen molar-refractivity contribution < 1.29 is 9.90 Å². The number of aromatic nitrogens is 4. The maximum atomic E-state index is 10.6. The van der Waals surface area contributed by atoms with Crippen LogP contribution in [0.25, 0.3) is 15.9 Å². The number of benzene rings is 1. The molecule has 7 heteroatoms. The molecule has 2 aromatic heterocycles.